The van der Waals surface area contributed by atoms with Crippen molar-refractivity contribution < 1.29 is 14.3 Å². The van der Waals surface area contributed by atoms with Gasteiger partial charge in [-0.15, -0.1) is 0 Å². The van der Waals surface area contributed by atoms with Gasteiger partial charge in [-0.1, -0.05) is 0 Å². The van der Waals surface area contributed by atoms with Crippen LogP contribution < -0.4 is 5.32 Å². The van der Waals surface area contributed by atoms with E-state index in [4.69, 9.17) is 4.42 Å². The first kappa shape index (κ1) is 13.8. The molecule has 2 aromatic heterocycles. The summed E-state index contributed by atoms with van der Waals surface area (Å²) >= 11 is 0. The lowest BCUT2D eigenvalue weighted by atomic mass is 10.1. The molecule has 3 rings (SSSR count). The van der Waals surface area contributed by atoms with Gasteiger partial charge >= 0.3 is 5.91 Å². The zero-order chi connectivity index (χ0) is 14.8. The van der Waals surface area contributed by atoms with E-state index < -0.39 is 6.10 Å². The summed E-state index contributed by atoms with van der Waals surface area (Å²) in [5, 5.41) is 17.1. The van der Waals surface area contributed by atoms with Crippen molar-refractivity contribution in [2.24, 2.45) is 5.92 Å². The first-order valence-electron chi connectivity index (χ1n) is 7.00. The molecular formula is C14H18N4O3. The Kier molecular flexibility index (Phi) is 3.74. The Morgan fingerprint density at radius 2 is 2.43 bits per heavy atom. The van der Waals surface area contributed by atoms with Gasteiger partial charge in [0.05, 0.1) is 17.8 Å². The summed E-state index contributed by atoms with van der Waals surface area (Å²) in [4.78, 5) is 16.0. The SMILES string of the molecule is Cc1coc(C(=O)N[C@@H]2CC(Cn3cccn3)C[C@H]2O)n1. The van der Waals surface area contributed by atoms with Crippen molar-refractivity contribution >= 4 is 5.91 Å². The number of nitrogens with one attached hydrogen (secondary N) is 1. The standard InChI is InChI=1S/C14H18N4O3/c1-9-8-21-14(16-9)13(20)17-11-5-10(6-12(11)19)7-18-4-2-3-15-18/h2-4,8,10-12,19H,5-7H2,1H3,(H,17,20)/t10?,11-,12-/m1/s1. The highest BCUT2D eigenvalue weighted by Gasteiger charge is 2.34. The number of aromatic nitrogens is 3. The number of amides is 1. The Balaban J connectivity index is 1.57. The molecular weight excluding hydrogens is 272 g/mol. The van der Waals surface area contributed by atoms with E-state index in [1.807, 2.05) is 16.9 Å². The predicted molar refractivity (Wildman–Crippen MR) is 73.5 cm³/mol. The molecule has 1 aliphatic carbocycles. The molecule has 0 aliphatic heterocycles. The average molecular weight is 290 g/mol. The van der Waals surface area contributed by atoms with Crippen LogP contribution in [0.4, 0.5) is 0 Å². The fourth-order valence-corrected chi connectivity index (χ4v) is 2.78. The number of hydrogen-bond acceptors (Lipinski definition) is 5. The number of hydrogen-bond donors (Lipinski definition) is 2. The quantitative estimate of drug-likeness (QED) is 0.866. The molecule has 1 aliphatic rings. The molecule has 1 amide bonds. The van der Waals surface area contributed by atoms with E-state index in [0.717, 1.165) is 6.54 Å². The largest absolute Gasteiger partial charge is 0.441 e. The lowest BCUT2D eigenvalue weighted by molar-refractivity contribution is 0.0839. The van der Waals surface area contributed by atoms with E-state index in [0.29, 0.717) is 18.5 Å². The zero-order valence-corrected chi connectivity index (χ0v) is 11.8. The highest BCUT2D eigenvalue weighted by atomic mass is 16.4. The maximum Gasteiger partial charge on any atom is 0.307 e. The van der Waals surface area contributed by atoms with E-state index in [2.05, 4.69) is 15.4 Å². The van der Waals surface area contributed by atoms with Crippen LogP contribution in [0.25, 0.3) is 0 Å². The zero-order valence-electron chi connectivity index (χ0n) is 11.8. The van der Waals surface area contributed by atoms with Crippen LogP contribution in [0.2, 0.25) is 0 Å². The second-order valence-corrected chi connectivity index (χ2v) is 5.51. The number of aryl methyl sites for hydroxylation is 1. The first-order chi connectivity index (χ1) is 10.1. The van der Waals surface area contributed by atoms with E-state index in [1.54, 1.807) is 13.1 Å². The van der Waals surface area contributed by atoms with Crippen molar-refractivity contribution in [3.63, 3.8) is 0 Å². The maximum absolute atomic E-state index is 12.0. The van der Waals surface area contributed by atoms with Gasteiger partial charge in [-0.25, -0.2) is 4.98 Å². The normalized spacial score (nSPS) is 25.1. The monoisotopic (exact) mass is 290 g/mol. The molecule has 1 fully saturated rings. The predicted octanol–water partition coefficient (Wildman–Crippen LogP) is 0.749. The topological polar surface area (TPSA) is 93.2 Å². The molecule has 2 aromatic rings. The van der Waals surface area contributed by atoms with Gasteiger partial charge in [-0.2, -0.15) is 5.10 Å². The summed E-state index contributed by atoms with van der Waals surface area (Å²) in [6.07, 6.45) is 5.87. The van der Waals surface area contributed by atoms with Crippen molar-refractivity contribution in [2.75, 3.05) is 0 Å². The molecule has 1 saturated carbocycles. The van der Waals surface area contributed by atoms with Crippen molar-refractivity contribution in [1.82, 2.24) is 20.1 Å². The van der Waals surface area contributed by atoms with Crippen LogP contribution in [-0.4, -0.2) is 37.9 Å². The van der Waals surface area contributed by atoms with Crippen LogP contribution >= 0.6 is 0 Å². The number of oxazole rings is 1. The third-order valence-corrected chi connectivity index (χ3v) is 3.76. The van der Waals surface area contributed by atoms with Gasteiger partial charge < -0.3 is 14.8 Å². The minimum absolute atomic E-state index is 0.0372. The van der Waals surface area contributed by atoms with Crippen LogP contribution in [-0.2, 0) is 6.54 Å². The molecule has 7 nitrogen and oxygen atoms in total. The van der Waals surface area contributed by atoms with Crippen LogP contribution in [0.5, 0.6) is 0 Å². The highest BCUT2D eigenvalue weighted by Crippen LogP contribution is 2.27. The van der Waals surface area contributed by atoms with Crippen LogP contribution in [0.1, 0.15) is 29.2 Å². The number of rotatable bonds is 4. The molecule has 7 heteroatoms. The molecule has 21 heavy (non-hydrogen) atoms. The summed E-state index contributed by atoms with van der Waals surface area (Å²) in [6.45, 7) is 2.50. The van der Waals surface area contributed by atoms with Gasteiger partial charge in [0.25, 0.3) is 5.89 Å². The number of carbonyl (C=O) groups is 1. The summed E-state index contributed by atoms with van der Waals surface area (Å²) in [7, 11) is 0. The fourth-order valence-electron chi connectivity index (χ4n) is 2.78. The fraction of sp³-hybridized carbons (Fsp3) is 0.500. The third-order valence-electron chi connectivity index (χ3n) is 3.76. The number of nitrogens with zero attached hydrogens (tertiary/aromatic N) is 3. The van der Waals surface area contributed by atoms with Crippen molar-refractivity contribution in [3.05, 3.63) is 36.3 Å². The van der Waals surface area contributed by atoms with Crippen molar-refractivity contribution in [2.45, 2.75) is 38.5 Å². The lowest BCUT2D eigenvalue weighted by Gasteiger charge is -2.15. The van der Waals surface area contributed by atoms with Gasteiger partial charge in [-0.05, 0) is 31.7 Å². The van der Waals surface area contributed by atoms with E-state index >= 15 is 0 Å². The minimum atomic E-state index is -0.550. The molecule has 3 atom stereocenters. The van der Waals surface area contributed by atoms with Gasteiger partial charge in [0, 0.05) is 18.9 Å². The molecule has 0 radical (unpaired) electrons. The molecule has 0 spiro atoms. The third kappa shape index (κ3) is 3.13. The minimum Gasteiger partial charge on any atom is -0.441 e. The van der Waals surface area contributed by atoms with Crippen molar-refractivity contribution in [1.29, 1.82) is 0 Å². The average Bonchev–Trinajstić information content (AvgIpc) is 3.14. The van der Waals surface area contributed by atoms with E-state index in [-0.39, 0.29) is 23.8 Å². The molecule has 0 bridgehead atoms. The van der Waals surface area contributed by atoms with Crippen LogP contribution in [0.15, 0.2) is 29.1 Å². The smallest absolute Gasteiger partial charge is 0.307 e. The van der Waals surface area contributed by atoms with Gasteiger partial charge in [0.2, 0.25) is 0 Å². The lowest BCUT2D eigenvalue weighted by Crippen LogP contribution is -2.40. The Hall–Kier alpha value is -2.15. The highest BCUT2D eigenvalue weighted by molar-refractivity contribution is 5.89. The summed E-state index contributed by atoms with van der Waals surface area (Å²) < 4.78 is 6.91. The maximum atomic E-state index is 12.0. The van der Waals surface area contributed by atoms with Gasteiger partial charge in [0.15, 0.2) is 0 Å². The second kappa shape index (κ2) is 5.69. The van der Waals surface area contributed by atoms with Crippen LogP contribution in [0, 0.1) is 12.8 Å². The molecule has 1 unspecified atom stereocenters. The summed E-state index contributed by atoms with van der Waals surface area (Å²) in [6, 6.07) is 1.60. The molecule has 0 aromatic carbocycles. The molecule has 0 saturated heterocycles. The van der Waals surface area contributed by atoms with E-state index in [9.17, 15) is 9.90 Å². The van der Waals surface area contributed by atoms with E-state index in [1.165, 1.54) is 6.26 Å². The Morgan fingerprint density at radius 3 is 3.10 bits per heavy atom. The van der Waals surface area contributed by atoms with Gasteiger partial charge in [-0.3, -0.25) is 9.48 Å². The Bertz CT molecular complexity index is 608. The van der Waals surface area contributed by atoms with Crippen molar-refractivity contribution in [3.8, 4) is 0 Å². The second-order valence-electron chi connectivity index (χ2n) is 5.51. The summed E-state index contributed by atoms with van der Waals surface area (Å²) in [5.41, 5.74) is 0.656. The number of carbonyl (C=O) groups excluding carboxylic acids is 1. The Morgan fingerprint density at radius 1 is 1.57 bits per heavy atom. The molecule has 2 N–H and O–H groups in total. The first-order valence-corrected chi connectivity index (χ1v) is 7.00. The summed E-state index contributed by atoms with van der Waals surface area (Å²) in [5.74, 6) is -0.0568. The number of aliphatic hydroxyl groups excluding tert-OH is 1. The molecule has 112 valence electrons. The number of aliphatic hydroxyl groups is 1. The van der Waals surface area contributed by atoms with Gasteiger partial charge in [0.1, 0.15) is 6.26 Å². The molecule has 2 heterocycles. The van der Waals surface area contributed by atoms with Crippen LogP contribution in [0.3, 0.4) is 0 Å². The Labute approximate surface area is 122 Å².